The van der Waals surface area contributed by atoms with Gasteiger partial charge in [0, 0.05) is 29.7 Å². The van der Waals surface area contributed by atoms with Crippen molar-refractivity contribution in [1.29, 1.82) is 0 Å². The Morgan fingerprint density at radius 2 is 1.77 bits per heavy atom. The fourth-order valence-corrected chi connectivity index (χ4v) is 7.91. The van der Waals surface area contributed by atoms with E-state index in [1.54, 1.807) is 33.8 Å². The van der Waals surface area contributed by atoms with E-state index in [1.165, 1.54) is 40.3 Å². The first-order valence-electron chi connectivity index (χ1n) is 15.3. The molecule has 3 unspecified atom stereocenters. The second-order valence-corrected chi connectivity index (χ2v) is 15.7. The highest BCUT2D eigenvalue weighted by molar-refractivity contribution is 7.19. The molecule has 1 aliphatic carbocycles. The first-order valence-corrected chi connectivity index (χ1v) is 16.1. The van der Waals surface area contributed by atoms with Crippen LogP contribution in [-0.2, 0) is 27.0 Å². The minimum Gasteiger partial charge on any atom is -0.444 e. The lowest BCUT2D eigenvalue weighted by Gasteiger charge is -2.28. The largest absolute Gasteiger partial charge is 0.444 e. The van der Waals surface area contributed by atoms with Gasteiger partial charge in [-0.2, -0.15) is 13.2 Å². The number of amides is 4. The molecule has 0 radical (unpaired) electrons. The monoisotopic (exact) mass is 671 g/mol. The molecule has 14 heteroatoms. The zero-order chi connectivity index (χ0) is 34.4. The van der Waals surface area contributed by atoms with E-state index in [1.807, 2.05) is 13.8 Å². The Balaban J connectivity index is 1.35. The van der Waals surface area contributed by atoms with E-state index in [9.17, 15) is 32.3 Å². The number of hydrogen-bond acceptors (Lipinski definition) is 8. The van der Waals surface area contributed by atoms with Crippen LogP contribution in [0.2, 0.25) is 0 Å². The van der Waals surface area contributed by atoms with Crippen molar-refractivity contribution < 1.29 is 37.1 Å². The molecule has 10 nitrogen and oxygen atoms in total. The summed E-state index contributed by atoms with van der Waals surface area (Å²) in [5.41, 5.74) is -2.36. The van der Waals surface area contributed by atoms with Crippen LogP contribution in [0.25, 0.3) is 21.5 Å². The van der Waals surface area contributed by atoms with Crippen LogP contribution < -0.4 is 5.32 Å². The third-order valence-electron chi connectivity index (χ3n) is 9.21. The SMILES string of the molecule is Cc1cc(C(F)(F)F)nc(-c2ccnc3cc(CN4C(=O)C5C(C4=O)C5(C)C)sc23)c1C(=O)N1CCC(C)(NC(=O)OC(C)(C)C)C1. The van der Waals surface area contributed by atoms with Crippen LogP contribution in [0.3, 0.4) is 0 Å². The molecule has 1 saturated carbocycles. The number of nitrogens with zero attached hydrogens (tertiary/aromatic N) is 4. The molecular formula is C33H36F3N5O5S. The molecule has 3 aromatic heterocycles. The summed E-state index contributed by atoms with van der Waals surface area (Å²) in [6.07, 6.45) is -3.57. The third-order valence-corrected chi connectivity index (χ3v) is 10.4. The highest BCUT2D eigenvalue weighted by atomic mass is 32.1. The Morgan fingerprint density at radius 1 is 1.11 bits per heavy atom. The molecule has 5 heterocycles. The average molecular weight is 672 g/mol. The maximum Gasteiger partial charge on any atom is 0.433 e. The molecule has 250 valence electrons. The minimum absolute atomic E-state index is 0.00851. The second-order valence-electron chi connectivity index (χ2n) is 14.5. The number of piperidine rings is 1. The summed E-state index contributed by atoms with van der Waals surface area (Å²) in [5, 5.41) is 2.83. The smallest absolute Gasteiger partial charge is 0.433 e. The molecule has 4 amide bonds. The molecule has 47 heavy (non-hydrogen) atoms. The molecule has 0 spiro atoms. The van der Waals surface area contributed by atoms with Gasteiger partial charge in [-0.1, -0.05) is 13.8 Å². The average Bonchev–Trinajstić information content (AvgIpc) is 3.27. The Kier molecular flexibility index (Phi) is 7.50. The molecule has 3 aliphatic rings. The number of pyridine rings is 2. The van der Waals surface area contributed by atoms with Crippen LogP contribution in [0.5, 0.6) is 0 Å². The summed E-state index contributed by atoms with van der Waals surface area (Å²) in [6.45, 7) is 12.6. The number of alkyl carbamates (subject to hydrolysis) is 1. The number of thiophene rings is 1. The van der Waals surface area contributed by atoms with Crippen LogP contribution in [0.1, 0.15) is 74.5 Å². The standard InChI is InChI=1S/C33H36F3N5O5S/c1-16-12-20(33(34,35)36)38-24(21(16)26(42)40-11-9-32(7,15-40)39-29(45)46-30(2,3)4)18-8-10-37-19-13-17(47-25(18)19)14-41-27(43)22-23(28(41)44)31(22,5)6/h8,10,12-13,22-23H,9,11,14-15H2,1-7H3,(H,39,45). The Bertz CT molecular complexity index is 1820. The van der Waals surface area contributed by atoms with E-state index < -0.39 is 35.0 Å². The Labute approximate surface area is 273 Å². The first kappa shape index (κ1) is 32.9. The van der Waals surface area contributed by atoms with Crippen LogP contribution in [0.15, 0.2) is 24.4 Å². The number of likely N-dealkylation sites (tertiary alicyclic amines) is 2. The fraction of sp³-hybridized carbons (Fsp3) is 0.515. The third kappa shape index (κ3) is 5.85. The van der Waals surface area contributed by atoms with Gasteiger partial charge in [-0.3, -0.25) is 24.3 Å². The van der Waals surface area contributed by atoms with E-state index in [-0.39, 0.29) is 71.1 Å². The summed E-state index contributed by atoms with van der Waals surface area (Å²) < 4.78 is 48.0. The molecule has 0 bridgehead atoms. The van der Waals surface area contributed by atoms with Crippen molar-refractivity contribution in [2.75, 3.05) is 13.1 Å². The number of alkyl halides is 3. The number of ether oxygens (including phenoxy) is 1. The van der Waals surface area contributed by atoms with Gasteiger partial charge in [-0.15, -0.1) is 11.3 Å². The molecular weight excluding hydrogens is 635 g/mol. The highest BCUT2D eigenvalue weighted by Crippen LogP contribution is 2.63. The highest BCUT2D eigenvalue weighted by Gasteiger charge is 2.72. The van der Waals surface area contributed by atoms with Gasteiger partial charge >= 0.3 is 12.3 Å². The summed E-state index contributed by atoms with van der Waals surface area (Å²) in [5.74, 6) is -1.65. The molecule has 2 aliphatic heterocycles. The number of fused-ring (bicyclic) bond motifs is 2. The number of carbonyl (C=O) groups excluding carboxylic acids is 4. The molecule has 6 rings (SSSR count). The summed E-state index contributed by atoms with van der Waals surface area (Å²) in [6, 6.07) is 4.08. The zero-order valence-electron chi connectivity index (χ0n) is 27.2. The molecule has 2 saturated heterocycles. The zero-order valence-corrected chi connectivity index (χ0v) is 28.0. The van der Waals surface area contributed by atoms with E-state index in [2.05, 4.69) is 15.3 Å². The van der Waals surface area contributed by atoms with Crippen molar-refractivity contribution in [2.24, 2.45) is 17.3 Å². The number of hydrogen-bond donors (Lipinski definition) is 1. The second kappa shape index (κ2) is 10.7. The van der Waals surface area contributed by atoms with Gasteiger partial charge < -0.3 is 15.0 Å². The maximum absolute atomic E-state index is 14.1. The van der Waals surface area contributed by atoms with Crippen LogP contribution in [0, 0.1) is 24.2 Å². The lowest BCUT2D eigenvalue weighted by atomic mass is 9.99. The van der Waals surface area contributed by atoms with Crippen molar-refractivity contribution in [3.8, 4) is 11.3 Å². The summed E-state index contributed by atoms with van der Waals surface area (Å²) in [4.78, 5) is 64.3. The lowest BCUT2D eigenvalue weighted by Crippen LogP contribution is -2.50. The minimum atomic E-state index is -4.78. The van der Waals surface area contributed by atoms with Gasteiger partial charge in [-0.05, 0) is 70.2 Å². The Morgan fingerprint density at radius 3 is 2.38 bits per heavy atom. The van der Waals surface area contributed by atoms with Crippen molar-refractivity contribution >= 4 is 45.4 Å². The van der Waals surface area contributed by atoms with Crippen LogP contribution in [0.4, 0.5) is 18.0 Å². The van der Waals surface area contributed by atoms with Crippen LogP contribution >= 0.6 is 11.3 Å². The first-order chi connectivity index (χ1) is 21.7. The predicted octanol–water partition coefficient (Wildman–Crippen LogP) is 5.96. The van der Waals surface area contributed by atoms with Crippen molar-refractivity contribution in [3.05, 3.63) is 46.1 Å². The summed E-state index contributed by atoms with van der Waals surface area (Å²) >= 11 is 1.19. The van der Waals surface area contributed by atoms with E-state index in [4.69, 9.17) is 4.74 Å². The fourth-order valence-electron chi connectivity index (χ4n) is 6.79. The van der Waals surface area contributed by atoms with Crippen molar-refractivity contribution in [3.63, 3.8) is 0 Å². The predicted molar refractivity (Wildman–Crippen MR) is 167 cm³/mol. The lowest BCUT2D eigenvalue weighted by molar-refractivity contribution is -0.144. The van der Waals surface area contributed by atoms with Crippen molar-refractivity contribution in [1.82, 2.24) is 25.1 Å². The van der Waals surface area contributed by atoms with Gasteiger partial charge in [0.1, 0.15) is 11.3 Å². The maximum atomic E-state index is 14.1. The van der Waals surface area contributed by atoms with E-state index >= 15 is 0 Å². The molecule has 3 aromatic rings. The topological polar surface area (TPSA) is 122 Å². The van der Waals surface area contributed by atoms with Crippen molar-refractivity contribution in [2.45, 2.75) is 78.7 Å². The van der Waals surface area contributed by atoms with Gasteiger partial charge in [0.15, 0.2) is 0 Å². The molecule has 0 aromatic carbocycles. The number of halogens is 3. The number of imide groups is 1. The molecule has 3 atom stereocenters. The quantitative estimate of drug-likeness (QED) is 0.333. The number of aryl methyl sites for hydroxylation is 1. The normalized spacial score (nSPS) is 23.8. The molecule has 1 N–H and O–H groups in total. The van der Waals surface area contributed by atoms with Gasteiger partial charge in [-0.25, -0.2) is 9.78 Å². The van der Waals surface area contributed by atoms with E-state index in [0.29, 0.717) is 21.5 Å². The van der Waals surface area contributed by atoms with Gasteiger partial charge in [0.25, 0.3) is 5.91 Å². The van der Waals surface area contributed by atoms with Gasteiger partial charge in [0.05, 0.1) is 45.4 Å². The number of carbonyl (C=O) groups is 4. The van der Waals surface area contributed by atoms with Crippen LogP contribution in [-0.4, -0.2) is 67.8 Å². The molecule has 3 fully saturated rings. The van der Waals surface area contributed by atoms with Gasteiger partial charge in [0.2, 0.25) is 11.8 Å². The Hall–Kier alpha value is -4.07. The van der Waals surface area contributed by atoms with E-state index in [0.717, 1.165) is 6.07 Å². The number of nitrogens with one attached hydrogen (secondary N) is 1. The number of aromatic nitrogens is 2. The number of rotatable bonds is 5. The summed E-state index contributed by atoms with van der Waals surface area (Å²) in [7, 11) is 0.